The largest absolute Gasteiger partial charge is 0.507 e. The van der Waals surface area contributed by atoms with Gasteiger partial charge in [-0.05, 0) is 5.56 Å². The van der Waals surface area contributed by atoms with E-state index in [4.69, 9.17) is 4.74 Å². The first kappa shape index (κ1) is 17.6. The first-order valence-electron chi connectivity index (χ1n) is 7.12. The highest BCUT2D eigenvalue weighted by molar-refractivity contribution is 6.04. The Kier molecular flexibility index (Phi) is 5.28. The van der Waals surface area contributed by atoms with Gasteiger partial charge in [-0.3, -0.25) is 4.79 Å². The Hall–Kier alpha value is -2.77. The number of phenols is 3. The van der Waals surface area contributed by atoms with Crippen molar-refractivity contribution >= 4 is 5.78 Å². The molecule has 0 bridgehead atoms. The fourth-order valence-corrected chi connectivity index (χ4v) is 2.46. The summed E-state index contributed by atoms with van der Waals surface area (Å²) in [6, 6.07) is 9.06. The molecule has 128 valence electrons. The van der Waals surface area contributed by atoms with Crippen LogP contribution >= 0.6 is 0 Å². The summed E-state index contributed by atoms with van der Waals surface area (Å²) in [6.07, 6.45) is -1.35. The zero-order valence-electron chi connectivity index (χ0n) is 12.9. The monoisotopic (exact) mass is 334 g/mol. The van der Waals surface area contributed by atoms with Gasteiger partial charge >= 0.3 is 0 Å². The Morgan fingerprint density at radius 3 is 2.29 bits per heavy atom. The number of ketones is 1. The van der Waals surface area contributed by atoms with E-state index in [-0.39, 0.29) is 5.75 Å². The molecule has 0 saturated heterocycles. The second-order valence-corrected chi connectivity index (χ2v) is 5.18. The quantitative estimate of drug-likeness (QED) is 0.504. The summed E-state index contributed by atoms with van der Waals surface area (Å²) < 4.78 is 4.79. The molecule has 2 rings (SSSR count). The standard InChI is InChI=1S/C17H18O7/c1-24-17-12(20)7-11(19)13(16(17)23)15(22)10(8-18)14(21)9-5-3-2-4-6-9/h2-7,10,14,18-21,23H,8H2,1H3/t10-,14-/m1/s1. The van der Waals surface area contributed by atoms with E-state index in [2.05, 4.69) is 0 Å². The molecule has 0 radical (unpaired) electrons. The van der Waals surface area contributed by atoms with Crippen LogP contribution in [0.1, 0.15) is 22.0 Å². The highest BCUT2D eigenvalue weighted by atomic mass is 16.5. The third kappa shape index (κ3) is 3.12. The maximum Gasteiger partial charge on any atom is 0.203 e. The van der Waals surface area contributed by atoms with Crippen LogP contribution < -0.4 is 4.74 Å². The van der Waals surface area contributed by atoms with Gasteiger partial charge in [0, 0.05) is 6.07 Å². The van der Waals surface area contributed by atoms with Crippen LogP contribution in [-0.2, 0) is 0 Å². The predicted molar refractivity (Wildman–Crippen MR) is 84.3 cm³/mol. The van der Waals surface area contributed by atoms with E-state index in [1.165, 1.54) is 7.11 Å². The van der Waals surface area contributed by atoms with Crippen molar-refractivity contribution in [1.29, 1.82) is 0 Å². The van der Waals surface area contributed by atoms with Gasteiger partial charge in [0.15, 0.2) is 17.3 Å². The number of carbonyl (C=O) groups excluding carboxylic acids is 1. The average Bonchev–Trinajstić information content (AvgIpc) is 2.56. The summed E-state index contributed by atoms with van der Waals surface area (Å²) in [5.41, 5.74) is -0.145. The number of benzene rings is 2. The van der Waals surface area contributed by atoms with E-state index in [1.807, 2.05) is 0 Å². The molecule has 0 amide bonds. The number of methoxy groups -OCH3 is 1. The van der Waals surface area contributed by atoms with Gasteiger partial charge < -0.3 is 30.3 Å². The minimum absolute atomic E-state index is 0.387. The Balaban J connectivity index is 2.46. The summed E-state index contributed by atoms with van der Waals surface area (Å²) in [5, 5.41) is 49.5. The van der Waals surface area contributed by atoms with Crippen LogP contribution in [0, 0.1) is 5.92 Å². The van der Waals surface area contributed by atoms with E-state index >= 15 is 0 Å². The van der Waals surface area contributed by atoms with Gasteiger partial charge in [0.2, 0.25) is 5.75 Å². The van der Waals surface area contributed by atoms with Gasteiger partial charge in [-0.1, -0.05) is 30.3 Å². The van der Waals surface area contributed by atoms with Crippen LogP contribution in [0.25, 0.3) is 0 Å². The maximum absolute atomic E-state index is 12.6. The third-order valence-corrected chi connectivity index (χ3v) is 3.72. The van der Waals surface area contributed by atoms with E-state index in [1.54, 1.807) is 30.3 Å². The summed E-state index contributed by atoms with van der Waals surface area (Å²) in [4.78, 5) is 12.6. The van der Waals surface area contributed by atoms with E-state index in [0.29, 0.717) is 5.56 Å². The molecule has 2 aromatic rings. The first-order chi connectivity index (χ1) is 11.4. The van der Waals surface area contributed by atoms with Crippen molar-refractivity contribution in [2.24, 2.45) is 5.92 Å². The Labute approximate surface area is 138 Å². The smallest absolute Gasteiger partial charge is 0.203 e. The lowest BCUT2D eigenvalue weighted by Crippen LogP contribution is -2.26. The normalized spacial score (nSPS) is 13.3. The molecule has 0 aliphatic carbocycles. The molecule has 7 nitrogen and oxygen atoms in total. The molecule has 0 unspecified atom stereocenters. The summed E-state index contributed by atoms with van der Waals surface area (Å²) in [6.45, 7) is -0.711. The zero-order valence-corrected chi connectivity index (χ0v) is 12.9. The van der Waals surface area contributed by atoms with Crippen LogP contribution in [0.2, 0.25) is 0 Å². The van der Waals surface area contributed by atoms with E-state index < -0.39 is 47.2 Å². The van der Waals surface area contributed by atoms with E-state index in [9.17, 15) is 30.3 Å². The molecule has 0 aliphatic heterocycles. The minimum Gasteiger partial charge on any atom is -0.507 e. The number of aromatic hydroxyl groups is 3. The molecular weight excluding hydrogens is 316 g/mol. The number of carbonyl (C=O) groups is 1. The van der Waals surface area contributed by atoms with Crippen molar-refractivity contribution in [3.8, 4) is 23.0 Å². The van der Waals surface area contributed by atoms with Gasteiger partial charge in [-0.15, -0.1) is 0 Å². The lowest BCUT2D eigenvalue weighted by Gasteiger charge is -2.21. The molecular formula is C17H18O7. The predicted octanol–water partition coefficient (Wildman–Crippen LogP) is 1.34. The van der Waals surface area contributed by atoms with Crippen molar-refractivity contribution in [2.45, 2.75) is 6.10 Å². The van der Waals surface area contributed by atoms with Crippen molar-refractivity contribution in [1.82, 2.24) is 0 Å². The molecule has 24 heavy (non-hydrogen) atoms. The molecule has 0 aromatic heterocycles. The van der Waals surface area contributed by atoms with Crippen molar-refractivity contribution in [2.75, 3.05) is 13.7 Å². The number of ether oxygens (including phenoxy) is 1. The molecule has 0 saturated carbocycles. The topological polar surface area (TPSA) is 127 Å². The molecule has 0 spiro atoms. The molecule has 0 heterocycles. The second kappa shape index (κ2) is 7.20. The molecule has 5 N–H and O–H groups in total. The summed E-state index contributed by atoms with van der Waals surface area (Å²) in [7, 11) is 1.17. The van der Waals surface area contributed by atoms with Crippen LogP contribution in [0.5, 0.6) is 23.0 Å². The molecule has 2 aromatic carbocycles. The van der Waals surface area contributed by atoms with Gasteiger partial charge in [0.1, 0.15) is 11.3 Å². The van der Waals surface area contributed by atoms with Crippen molar-refractivity contribution < 1.29 is 35.1 Å². The zero-order chi connectivity index (χ0) is 17.9. The Bertz CT molecular complexity index is 727. The van der Waals surface area contributed by atoms with Crippen molar-refractivity contribution in [3.63, 3.8) is 0 Å². The number of phenolic OH excluding ortho intramolecular Hbond substituents is 3. The molecule has 2 atom stereocenters. The van der Waals surface area contributed by atoms with Crippen LogP contribution in [-0.4, -0.2) is 45.0 Å². The van der Waals surface area contributed by atoms with Crippen LogP contribution in [0.3, 0.4) is 0 Å². The Morgan fingerprint density at radius 1 is 1.12 bits per heavy atom. The highest BCUT2D eigenvalue weighted by Gasteiger charge is 2.33. The van der Waals surface area contributed by atoms with Crippen molar-refractivity contribution in [3.05, 3.63) is 47.5 Å². The maximum atomic E-state index is 12.6. The molecule has 0 aliphatic rings. The molecule has 0 fully saturated rings. The Morgan fingerprint density at radius 2 is 1.75 bits per heavy atom. The SMILES string of the molecule is COc1c(O)cc(O)c(C(=O)[C@H](CO)[C@H](O)c2ccccc2)c1O. The minimum atomic E-state index is -1.35. The highest BCUT2D eigenvalue weighted by Crippen LogP contribution is 2.45. The average molecular weight is 334 g/mol. The fraction of sp³-hybridized carbons (Fsp3) is 0.235. The number of aliphatic hydroxyl groups excluding tert-OH is 2. The van der Waals surface area contributed by atoms with Gasteiger partial charge in [-0.25, -0.2) is 0 Å². The van der Waals surface area contributed by atoms with Gasteiger partial charge in [-0.2, -0.15) is 0 Å². The third-order valence-electron chi connectivity index (χ3n) is 3.72. The summed E-state index contributed by atoms with van der Waals surface area (Å²) >= 11 is 0. The first-order valence-corrected chi connectivity index (χ1v) is 7.12. The number of aliphatic hydroxyl groups is 2. The number of hydrogen-bond donors (Lipinski definition) is 5. The van der Waals surface area contributed by atoms with Gasteiger partial charge in [0.05, 0.1) is 25.7 Å². The number of hydrogen-bond acceptors (Lipinski definition) is 7. The molecule has 7 heteroatoms. The van der Waals surface area contributed by atoms with Gasteiger partial charge in [0.25, 0.3) is 0 Å². The number of rotatable bonds is 6. The second-order valence-electron chi connectivity index (χ2n) is 5.18. The van der Waals surface area contributed by atoms with E-state index in [0.717, 1.165) is 6.07 Å². The lowest BCUT2D eigenvalue weighted by molar-refractivity contribution is 0.0499. The van der Waals surface area contributed by atoms with Crippen LogP contribution in [0.4, 0.5) is 0 Å². The fourth-order valence-electron chi connectivity index (χ4n) is 2.46. The lowest BCUT2D eigenvalue weighted by atomic mass is 9.88. The summed E-state index contributed by atoms with van der Waals surface area (Å²) in [5.74, 6) is -4.59. The number of Topliss-reactive ketones (excluding diaryl/α,β-unsaturated/α-hetero) is 1. The van der Waals surface area contributed by atoms with Crippen LogP contribution in [0.15, 0.2) is 36.4 Å².